The lowest BCUT2D eigenvalue weighted by molar-refractivity contribution is 0.0662. The molecule has 0 aromatic carbocycles. The van der Waals surface area contributed by atoms with Gasteiger partial charge in [-0.05, 0) is 17.9 Å². The third kappa shape index (κ3) is 1.78. The fraction of sp³-hybridized carbons (Fsp3) is 0.200. The Kier molecular flexibility index (Phi) is 2.55. The highest BCUT2D eigenvalue weighted by Gasteiger charge is 2.18. The molecule has 0 aliphatic rings. The molecule has 0 amide bonds. The summed E-state index contributed by atoms with van der Waals surface area (Å²) in [4.78, 5) is 15.0. The fourth-order valence-electron chi connectivity index (χ4n) is 1.27. The molecule has 2 aromatic rings. The van der Waals surface area contributed by atoms with Crippen molar-refractivity contribution in [2.75, 3.05) is 0 Å². The third-order valence-corrected chi connectivity index (χ3v) is 2.68. The molecule has 15 heavy (non-hydrogen) atoms. The first-order valence-electron chi connectivity index (χ1n) is 4.48. The van der Waals surface area contributed by atoms with Crippen LogP contribution in [0.3, 0.4) is 0 Å². The van der Waals surface area contributed by atoms with E-state index in [0.717, 1.165) is 5.56 Å². The van der Waals surface area contributed by atoms with Gasteiger partial charge in [0.15, 0.2) is 0 Å². The van der Waals surface area contributed by atoms with Gasteiger partial charge in [0.2, 0.25) is 11.7 Å². The fourth-order valence-corrected chi connectivity index (χ4v) is 1.90. The number of hydrogen-bond donors (Lipinski definition) is 1. The van der Waals surface area contributed by atoms with Gasteiger partial charge in [-0.25, -0.2) is 9.78 Å². The summed E-state index contributed by atoms with van der Waals surface area (Å²) in [6.07, 6.45) is 0.551. The Balaban J connectivity index is 2.48. The van der Waals surface area contributed by atoms with E-state index in [2.05, 4.69) is 4.98 Å². The van der Waals surface area contributed by atoms with Crippen LogP contribution in [-0.4, -0.2) is 16.1 Å². The van der Waals surface area contributed by atoms with Gasteiger partial charge in [0.1, 0.15) is 0 Å². The van der Waals surface area contributed by atoms with E-state index in [4.69, 9.17) is 9.52 Å². The van der Waals surface area contributed by atoms with Crippen molar-refractivity contribution < 1.29 is 14.3 Å². The number of thiophene rings is 1. The summed E-state index contributed by atoms with van der Waals surface area (Å²) in [7, 11) is 0. The monoisotopic (exact) mass is 223 g/mol. The van der Waals surface area contributed by atoms with Gasteiger partial charge >= 0.3 is 5.97 Å². The number of oxazole rings is 1. The van der Waals surface area contributed by atoms with Gasteiger partial charge in [-0.1, -0.05) is 6.92 Å². The molecule has 2 heterocycles. The Morgan fingerprint density at radius 2 is 2.47 bits per heavy atom. The number of hydrogen-bond acceptors (Lipinski definition) is 4. The molecule has 0 atom stereocenters. The minimum Gasteiger partial charge on any atom is -0.475 e. The number of nitrogens with zero attached hydrogens (tertiary/aromatic N) is 1. The van der Waals surface area contributed by atoms with Crippen molar-refractivity contribution in [3.8, 4) is 11.5 Å². The van der Waals surface area contributed by atoms with E-state index >= 15 is 0 Å². The minimum atomic E-state index is -1.07. The van der Waals surface area contributed by atoms with Gasteiger partial charge in [0.05, 0.1) is 5.69 Å². The highest BCUT2D eigenvalue weighted by atomic mass is 32.1. The quantitative estimate of drug-likeness (QED) is 0.868. The summed E-state index contributed by atoms with van der Waals surface area (Å²) < 4.78 is 5.21. The van der Waals surface area contributed by atoms with Crippen LogP contribution in [0.5, 0.6) is 0 Å². The topological polar surface area (TPSA) is 63.3 Å². The molecule has 0 fully saturated rings. The highest BCUT2D eigenvalue weighted by molar-refractivity contribution is 7.08. The lowest BCUT2D eigenvalue weighted by Crippen LogP contribution is -1.98. The maximum Gasteiger partial charge on any atom is 0.373 e. The first kappa shape index (κ1) is 9.92. The maximum absolute atomic E-state index is 10.8. The van der Waals surface area contributed by atoms with E-state index in [1.54, 1.807) is 0 Å². The average Bonchev–Trinajstić information content (AvgIpc) is 2.86. The summed E-state index contributed by atoms with van der Waals surface area (Å²) in [5, 5.41) is 12.6. The van der Waals surface area contributed by atoms with Gasteiger partial charge < -0.3 is 9.52 Å². The average molecular weight is 223 g/mol. The molecule has 78 valence electrons. The Labute approximate surface area is 90.2 Å². The molecule has 2 aromatic heterocycles. The molecule has 1 N–H and O–H groups in total. The van der Waals surface area contributed by atoms with Gasteiger partial charge in [-0.2, -0.15) is 11.3 Å². The van der Waals surface area contributed by atoms with Crippen molar-refractivity contribution in [3.63, 3.8) is 0 Å². The number of aryl methyl sites for hydroxylation is 1. The summed E-state index contributed by atoms with van der Waals surface area (Å²) in [5.41, 5.74) is 1.31. The van der Waals surface area contributed by atoms with E-state index in [0.29, 0.717) is 18.0 Å². The molecule has 0 unspecified atom stereocenters. The molecule has 0 aliphatic carbocycles. The second-order valence-corrected chi connectivity index (χ2v) is 3.75. The number of carboxylic acids is 1. The predicted molar refractivity (Wildman–Crippen MR) is 56.2 cm³/mol. The SMILES string of the molecule is CCc1nc(-c2ccsc2)oc1C(=O)O. The van der Waals surface area contributed by atoms with Crippen molar-refractivity contribution >= 4 is 17.3 Å². The molecule has 4 nitrogen and oxygen atoms in total. The molecule has 0 aliphatic heterocycles. The van der Waals surface area contributed by atoms with E-state index in [1.165, 1.54) is 11.3 Å². The Hall–Kier alpha value is -1.62. The zero-order valence-electron chi connectivity index (χ0n) is 8.06. The maximum atomic E-state index is 10.8. The van der Waals surface area contributed by atoms with Gasteiger partial charge in [0, 0.05) is 10.9 Å². The molecule has 2 rings (SSSR count). The smallest absolute Gasteiger partial charge is 0.373 e. The Bertz CT molecular complexity index is 473. The molecular weight excluding hydrogens is 214 g/mol. The summed E-state index contributed by atoms with van der Waals surface area (Å²) in [6.45, 7) is 1.85. The van der Waals surface area contributed by atoms with Crippen molar-refractivity contribution in [2.45, 2.75) is 13.3 Å². The Morgan fingerprint density at radius 3 is 2.93 bits per heavy atom. The molecule has 0 saturated heterocycles. The summed E-state index contributed by atoms with van der Waals surface area (Å²) in [5.74, 6) is -0.745. The second kappa shape index (κ2) is 3.86. The van der Waals surface area contributed by atoms with E-state index < -0.39 is 5.97 Å². The van der Waals surface area contributed by atoms with E-state index in [-0.39, 0.29) is 5.76 Å². The van der Waals surface area contributed by atoms with Crippen LogP contribution in [0.4, 0.5) is 0 Å². The first-order valence-corrected chi connectivity index (χ1v) is 5.42. The third-order valence-electron chi connectivity index (χ3n) is 1.99. The van der Waals surface area contributed by atoms with Crippen molar-refractivity contribution in [1.29, 1.82) is 0 Å². The lowest BCUT2D eigenvalue weighted by Gasteiger charge is -1.88. The molecule has 0 bridgehead atoms. The number of carbonyl (C=O) groups is 1. The second-order valence-electron chi connectivity index (χ2n) is 2.97. The number of rotatable bonds is 3. The Morgan fingerprint density at radius 1 is 1.67 bits per heavy atom. The summed E-state index contributed by atoms with van der Waals surface area (Å²) >= 11 is 1.52. The van der Waals surface area contributed by atoms with Gasteiger partial charge in [-0.15, -0.1) is 0 Å². The molecule has 5 heteroatoms. The zero-order chi connectivity index (χ0) is 10.8. The highest BCUT2D eigenvalue weighted by Crippen LogP contribution is 2.24. The lowest BCUT2D eigenvalue weighted by atomic mass is 10.3. The predicted octanol–water partition coefficient (Wildman–Crippen LogP) is 2.66. The molecule has 0 spiro atoms. The van der Waals surface area contributed by atoms with E-state index in [9.17, 15) is 4.79 Å². The minimum absolute atomic E-state index is 0.0568. The molecular formula is C10H9NO3S. The number of carboxylic acid groups (broad SMARTS) is 1. The van der Waals surface area contributed by atoms with Crippen LogP contribution in [0.25, 0.3) is 11.5 Å². The molecule has 0 radical (unpaired) electrons. The normalized spacial score (nSPS) is 10.5. The van der Waals surface area contributed by atoms with Crippen molar-refractivity contribution in [1.82, 2.24) is 4.98 Å². The van der Waals surface area contributed by atoms with E-state index in [1.807, 2.05) is 23.8 Å². The zero-order valence-corrected chi connectivity index (χ0v) is 8.87. The van der Waals surface area contributed by atoms with Gasteiger partial charge in [-0.3, -0.25) is 0 Å². The van der Waals surface area contributed by atoms with Crippen LogP contribution >= 0.6 is 11.3 Å². The van der Waals surface area contributed by atoms with Crippen LogP contribution in [0.1, 0.15) is 23.2 Å². The van der Waals surface area contributed by atoms with Gasteiger partial charge in [0.25, 0.3) is 0 Å². The summed E-state index contributed by atoms with van der Waals surface area (Å²) in [6, 6.07) is 1.85. The van der Waals surface area contributed by atoms with Crippen molar-refractivity contribution in [2.24, 2.45) is 0 Å². The molecule has 0 saturated carbocycles. The van der Waals surface area contributed by atoms with Crippen LogP contribution in [0.2, 0.25) is 0 Å². The van der Waals surface area contributed by atoms with Crippen LogP contribution in [0, 0.1) is 0 Å². The number of aromatic carboxylic acids is 1. The van der Waals surface area contributed by atoms with Crippen molar-refractivity contribution in [3.05, 3.63) is 28.3 Å². The standard InChI is InChI=1S/C10H9NO3S/c1-2-7-8(10(12)13)14-9(11-7)6-3-4-15-5-6/h3-5H,2H2,1H3,(H,12,13). The number of aromatic nitrogens is 1. The largest absolute Gasteiger partial charge is 0.475 e. The van der Waals surface area contributed by atoms with Crippen LogP contribution in [0.15, 0.2) is 21.2 Å². The van der Waals surface area contributed by atoms with Crippen LogP contribution < -0.4 is 0 Å². The van der Waals surface area contributed by atoms with Crippen LogP contribution in [-0.2, 0) is 6.42 Å². The first-order chi connectivity index (χ1) is 7.22.